The third-order valence-corrected chi connectivity index (χ3v) is 4.98. The first-order chi connectivity index (χ1) is 12.7. The SMILES string of the molecule is Cc1cnc(C2CCOCC2)n1CCNC(=O)c1n[nH]c2ccccc12. The summed E-state index contributed by atoms with van der Waals surface area (Å²) < 4.78 is 7.66. The minimum Gasteiger partial charge on any atom is -0.381 e. The van der Waals surface area contributed by atoms with Crippen molar-refractivity contribution in [3.05, 3.63) is 47.7 Å². The maximum atomic E-state index is 12.5. The van der Waals surface area contributed by atoms with Crippen molar-refractivity contribution in [1.29, 1.82) is 0 Å². The first-order valence-electron chi connectivity index (χ1n) is 9.05. The van der Waals surface area contributed by atoms with Crippen molar-refractivity contribution in [3.8, 4) is 0 Å². The molecule has 0 spiro atoms. The van der Waals surface area contributed by atoms with E-state index in [0.29, 0.717) is 24.7 Å². The van der Waals surface area contributed by atoms with Crippen molar-refractivity contribution < 1.29 is 9.53 Å². The van der Waals surface area contributed by atoms with Crippen LogP contribution in [-0.4, -0.2) is 45.4 Å². The van der Waals surface area contributed by atoms with Gasteiger partial charge >= 0.3 is 0 Å². The van der Waals surface area contributed by atoms with E-state index < -0.39 is 0 Å². The summed E-state index contributed by atoms with van der Waals surface area (Å²) in [7, 11) is 0. The van der Waals surface area contributed by atoms with Gasteiger partial charge in [0.15, 0.2) is 5.69 Å². The fourth-order valence-electron chi connectivity index (χ4n) is 3.55. The number of nitrogens with one attached hydrogen (secondary N) is 2. The van der Waals surface area contributed by atoms with E-state index in [-0.39, 0.29) is 5.91 Å². The van der Waals surface area contributed by atoms with Gasteiger partial charge in [-0.15, -0.1) is 0 Å². The van der Waals surface area contributed by atoms with Gasteiger partial charge in [0.05, 0.1) is 5.52 Å². The number of nitrogens with zero attached hydrogens (tertiary/aromatic N) is 3. The number of imidazole rings is 1. The maximum Gasteiger partial charge on any atom is 0.272 e. The molecule has 2 aromatic heterocycles. The average Bonchev–Trinajstić information content (AvgIpc) is 3.26. The van der Waals surface area contributed by atoms with Crippen LogP contribution in [0, 0.1) is 6.92 Å². The minimum absolute atomic E-state index is 0.159. The third kappa shape index (κ3) is 3.22. The molecule has 1 aromatic carbocycles. The van der Waals surface area contributed by atoms with Crippen molar-refractivity contribution in [1.82, 2.24) is 25.1 Å². The maximum absolute atomic E-state index is 12.5. The molecule has 0 atom stereocenters. The van der Waals surface area contributed by atoms with E-state index in [4.69, 9.17) is 4.74 Å². The summed E-state index contributed by atoms with van der Waals surface area (Å²) >= 11 is 0. The lowest BCUT2D eigenvalue weighted by Gasteiger charge is -2.23. The zero-order valence-electron chi connectivity index (χ0n) is 14.9. The lowest BCUT2D eigenvalue weighted by molar-refractivity contribution is 0.0827. The van der Waals surface area contributed by atoms with Crippen LogP contribution in [0.1, 0.15) is 40.8 Å². The van der Waals surface area contributed by atoms with Crippen LogP contribution >= 0.6 is 0 Å². The number of carbonyl (C=O) groups is 1. The number of aromatic amines is 1. The number of H-pyrrole nitrogens is 1. The van der Waals surface area contributed by atoms with E-state index in [1.54, 1.807) is 0 Å². The van der Waals surface area contributed by atoms with Gasteiger partial charge in [0, 0.05) is 49.5 Å². The van der Waals surface area contributed by atoms with Gasteiger partial charge in [0.25, 0.3) is 5.91 Å². The second-order valence-corrected chi connectivity index (χ2v) is 6.67. The molecule has 1 aliphatic heterocycles. The highest BCUT2D eigenvalue weighted by Crippen LogP contribution is 2.26. The lowest BCUT2D eigenvalue weighted by Crippen LogP contribution is -2.29. The number of para-hydroxylation sites is 1. The number of aromatic nitrogens is 4. The smallest absolute Gasteiger partial charge is 0.272 e. The Kier molecular flexibility index (Phi) is 4.71. The zero-order chi connectivity index (χ0) is 17.9. The van der Waals surface area contributed by atoms with Gasteiger partial charge in [0.2, 0.25) is 0 Å². The van der Waals surface area contributed by atoms with Gasteiger partial charge in [0.1, 0.15) is 5.82 Å². The topological polar surface area (TPSA) is 84.8 Å². The van der Waals surface area contributed by atoms with Crippen LogP contribution in [0.2, 0.25) is 0 Å². The van der Waals surface area contributed by atoms with Crippen LogP contribution in [0.3, 0.4) is 0 Å². The fourth-order valence-corrected chi connectivity index (χ4v) is 3.55. The molecule has 1 fully saturated rings. The highest BCUT2D eigenvalue weighted by atomic mass is 16.5. The normalized spacial score (nSPS) is 15.4. The summed E-state index contributed by atoms with van der Waals surface area (Å²) in [4.78, 5) is 17.1. The molecule has 0 saturated carbocycles. The first kappa shape index (κ1) is 16.8. The molecule has 4 rings (SSSR count). The molecule has 2 N–H and O–H groups in total. The Labute approximate surface area is 151 Å². The molecule has 0 unspecified atom stereocenters. The number of fused-ring (bicyclic) bond motifs is 1. The molecular formula is C19H23N5O2. The molecule has 0 bridgehead atoms. The number of rotatable bonds is 5. The summed E-state index contributed by atoms with van der Waals surface area (Å²) in [5, 5.41) is 10.9. The van der Waals surface area contributed by atoms with E-state index in [0.717, 1.165) is 48.5 Å². The van der Waals surface area contributed by atoms with Crippen LogP contribution in [0.5, 0.6) is 0 Å². The van der Waals surface area contributed by atoms with Crippen molar-refractivity contribution >= 4 is 16.8 Å². The third-order valence-electron chi connectivity index (χ3n) is 4.98. The molecule has 7 heteroatoms. The predicted molar refractivity (Wildman–Crippen MR) is 98.2 cm³/mol. The van der Waals surface area contributed by atoms with Gasteiger partial charge in [-0.3, -0.25) is 9.89 Å². The van der Waals surface area contributed by atoms with Gasteiger partial charge in [-0.1, -0.05) is 18.2 Å². The van der Waals surface area contributed by atoms with Crippen LogP contribution in [0.4, 0.5) is 0 Å². The van der Waals surface area contributed by atoms with E-state index in [9.17, 15) is 4.79 Å². The summed E-state index contributed by atoms with van der Waals surface area (Å²) in [5.41, 5.74) is 2.42. The zero-order valence-corrected chi connectivity index (χ0v) is 14.9. The number of amides is 1. The van der Waals surface area contributed by atoms with Gasteiger partial charge in [-0.2, -0.15) is 5.10 Å². The molecule has 26 heavy (non-hydrogen) atoms. The van der Waals surface area contributed by atoms with Crippen molar-refractivity contribution in [2.24, 2.45) is 0 Å². The Balaban J connectivity index is 1.42. The van der Waals surface area contributed by atoms with Crippen LogP contribution < -0.4 is 5.32 Å². The standard InChI is InChI=1S/C19H23N5O2/c1-13-12-21-18(14-6-10-26-11-7-14)24(13)9-8-20-19(25)17-15-4-2-3-5-16(15)22-23-17/h2-5,12,14H,6-11H2,1H3,(H,20,25)(H,22,23). The molecule has 1 aliphatic rings. The predicted octanol–water partition coefficient (Wildman–Crippen LogP) is 2.39. The summed E-state index contributed by atoms with van der Waals surface area (Å²) in [6, 6.07) is 7.64. The first-order valence-corrected chi connectivity index (χ1v) is 9.05. The number of carbonyl (C=O) groups excluding carboxylic acids is 1. The number of ether oxygens (including phenoxy) is 1. The Bertz CT molecular complexity index is 908. The molecule has 7 nitrogen and oxygen atoms in total. The minimum atomic E-state index is -0.159. The number of benzene rings is 1. The molecule has 0 aliphatic carbocycles. The molecule has 0 radical (unpaired) electrons. The van der Waals surface area contributed by atoms with Gasteiger partial charge in [-0.25, -0.2) is 4.98 Å². The molecule has 1 saturated heterocycles. The van der Waals surface area contributed by atoms with Crippen LogP contribution in [0.25, 0.3) is 10.9 Å². The van der Waals surface area contributed by atoms with E-state index >= 15 is 0 Å². The molecule has 1 amide bonds. The fraction of sp³-hybridized carbons (Fsp3) is 0.421. The van der Waals surface area contributed by atoms with E-state index in [1.165, 1.54) is 0 Å². The van der Waals surface area contributed by atoms with Crippen LogP contribution in [0.15, 0.2) is 30.5 Å². The molecular weight excluding hydrogens is 330 g/mol. The Morgan fingerprint density at radius 2 is 2.15 bits per heavy atom. The average molecular weight is 353 g/mol. The Morgan fingerprint density at radius 1 is 1.35 bits per heavy atom. The van der Waals surface area contributed by atoms with Gasteiger partial charge < -0.3 is 14.6 Å². The molecule has 3 aromatic rings. The van der Waals surface area contributed by atoms with E-state index in [2.05, 4.69) is 32.0 Å². The molecule has 136 valence electrons. The Morgan fingerprint density at radius 3 is 3.00 bits per heavy atom. The molecule has 3 heterocycles. The highest BCUT2D eigenvalue weighted by Gasteiger charge is 2.21. The summed E-state index contributed by atoms with van der Waals surface area (Å²) in [5.74, 6) is 1.38. The van der Waals surface area contributed by atoms with Crippen molar-refractivity contribution in [3.63, 3.8) is 0 Å². The number of hydrogen-bond acceptors (Lipinski definition) is 4. The summed E-state index contributed by atoms with van der Waals surface area (Å²) in [6.45, 7) is 4.87. The largest absolute Gasteiger partial charge is 0.381 e. The second kappa shape index (κ2) is 7.29. The monoisotopic (exact) mass is 353 g/mol. The lowest BCUT2D eigenvalue weighted by atomic mass is 9.99. The second-order valence-electron chi connectivity index (χ2n) is 6.67. The van der Waals surface area contributed by atoms with Crippen LogP contribution in [-0.2, 0) is 11.3 Å². The van der Waals surface area contributed by atoms with Crippen molar-refractivity contribution in [2.45, 2.75) is 32.2 Å². The quantitative estimate of drug-likeness (QED) is 0.738. The highest BCUT2D eigenvalue weighted by molar-refractivity contribution is 6.04. The summed E-state index contributed by atoms with van der Waals surface area (Å²) in [6.07, 6.45) is 3.91. The Hall–Kier alpha value is -2.67. The number of hydrogen-bond donors (Lipinski definition) is 2. The van der Waals surface area contributed by atoms with E-state index in [1.807, 2.05) is 30.5 Å². The van der Waals surface area contributed by atoms with Gasteiger partial charge in [-0.05, 0) is 25.8 Å². The van der Waals surface area contributed by atoms with Crippen molar-refractivity contribution in [2.75, 3.05) is 19.8 Å². The number of aryl methyl sites for hydroxylation is 1.